The number of benzene rings is 1. The van der Waals surface area contributed by atoms with Gasteiger partial charge in [0.2, 0.25) is 0 Å². The number of amides is 1. The van der Waals surface area contributed by atoms with Crippen molar-refractivity contribution in [2.45, 2.75) is 46.3 Å². The molecule has 1 amide bonds. The van der Waals surface area contributed by atoms with Crippen LogP contribution in [-0.4, -0.2) is 28.5 Å². The lowest BCUT2D eigenvalue weighted by Crippen LogP contribution is -2.46. The van der Waals surface area contributed by atoms with Gasteiger partial charge in [-0.3, -0.25) is 4.79 Å². The molecule has 0 heterocycles. The van der Waals surface area contributed by atoms with Crippen LogP contribution < -0.4 is 10.1 Å². The molecular weight excluding hydrogens is 275 g/mol. The summed E-state index contributed by atoms with van der Waals surface area (Å²) < 4.78 is 18.9. The van der Waals surface area contributed by atoms with Gasteiger partial charge in [0.25, 0.3) is 5.91 Å². The summed E-state index contributed by atoms with van der Waals surface area (Å²) in [7, 11) is 0. The molecule has 6 heteroatoms. The van der Waals surface area contributed by atoms with Crippen LogP contribution in [0.4, 0.5) is 4.39 Å². The summed E-state index contributed by atoms with van der Waals surface area (Å²) in [5.41, 5.74) is 0.310. The van der Waals surface area contributed by atoms with E-state index in [1.165, 1.54) is 12.1 Å². The van der Waals surface area contributed by atoms with Crippen LogP contribution in [-0.2, 0) is 4.79 Å². The Hall–Kier alpha value is -2.11. The van der Waals surface area contributed by atoms with Crippen molar-refractivity contribution in [3.63, 3.8) is 0 Å². The van der Waals surface area contributed by atoms with Crippen molar-refractivity contribution in [1.82, 2.24) is 5.32 Å². The van der Waals surface area contributed by atoms with Crippen LogP contribution >= 0.6 is 0 Å². The van der Waals surface area contributed by atoms with Gasteiger partial charge in [0.05, 0.1) is 5.71 Å². The topological polar surface area (TPSA) is 70.9 Å². The summed E-state index contributed by atoms with van der Waals surface area (Å²) in [6.45, 7) is 8.69. The molecule has 0 bridgehead atoms. The molecule has 0 saturated carbocycles. The first-order valence-corrected chi connectivity index (χ1v) is 6.61. The Bertz CT molecular complexity index is 550. The summed E-state index contributed by atoms with van der Waals surface area (Å²) in [6.07, 6.45) is -0.809. The van der Waals surface area contributed by atoms with E-state index < -0.39 is 11.9 Å². The molecule has 5 nitrogen and oxygen atoms in total. The van der Waals surface area contributed by atoms with Gasteiger partial charge in [0.1, 0.15) is 11.6 Å². The average molecular weight is 296 g/mol. The van der Waals surface area contributed by atoms with E-state index in [0.29, 0.717) is 5.56 Å². The zero-order valence-electron chi connectivity index (χ0n) is 12.9. The predicted molar refractivity (Wildman–Crippen MR) is 78.4 cm³/mol. The third-order valence-corrected chi connectivity index (χ3v) is 2.65. The first-order chi connectivity index (χ1) is 9.64. The van der Waals surface area contributed by atoms with Gasteiger partial charge in [0, 0.05) is 17.2 Å². The lowest BCUT2D eigenvalue weighted by atomic mass is 10.1. The SMILES string of the molecule is CC(=NO)c1ccc(F)cc1OC(C)C(=O)NC(C)(C)C. The molecule has 1 rings (SSSR count). The van der Waals surface area contributed by atoms with Crippen molar-refractivity contribution >= 4 is 11.6 Å². The highest BCUT2D eigenvalue weighted by Crippen LogP contribution is 2.22. The zero-order chi connectivity index (χ0) is 16.2. The minimum absolute atomic E-state index is 0.154. The Balaban J connectivity index is 2.96. The Morgan fingerprint density at radius 3 is 2.57 bits per heavy atom. The molecule has 0 fully saturated rings. The minimum atomic E-state index is -0.809. The van der Waals surface area contributed by atoms with Crippen molar-refractivity contribution in [1.29, 1.82) is 0 Å². The second kappa shape index (κ2) is 6.56. The van der Waals surface area contributed by atoms with Gasteiger partial charge in [-0.15, -0.1) is 0 Å². The predicted octanol–water partition coefficient (Wildman–Crippen LogP) is 2.71. The Morgan fingerprint density at radius 2 is 2.05 bits per heavy atom. The average Bonchev–Trinajstić information content (AvgIpc) is 2.36. The lowest BCUT2D eigenvalue weighted by Gasteiger charge is -2.24. The van der Waals surface area contributed by atoms with Crippen LogP contribution in [0.3, 0.4) is 0 Å². The van der Waals surface area contributed by atoms with Crippen molar-refractivity contribution in [3.05, 3.63) is 29.6 Å². The van der Waals surface area contributed by atoms with Crippen LogP contribution in [0.5, 0.6) is 5.75 Å². The van der Waals surface area contributed by atoms with Crippen LogP contribution in [0, 0.1) is 5.82 Å². The van der Waals surface area contributed by atoms with Crippen molar-refractivity contribution in [3.8, 4) is 5.75 Å². The van der Waals surface area contributed by atoms with Crippen LogP contribution in [0.25, 0.3) is 0 Å². The van der Waals surface area contributed by atoms with Gasteiger partial charge in [-0.25, -0.2) is 4.39 Å². The monoisotopic (exact) mass is 296 g/mol. The zero-order valence-corrected chi connectivity index (χ0v) is 12.9. The Labute approximate surface area is 123 Å². The number of nitrogens with one attached hydrogen (secondary N) is 1. The number of halogens is 1. The smallest absolute Gasteiger partial charge is 0.261 e. The number of hydrogen-bond acceptors (Lipinski definition) is 4. The lowest BCUT2D eigenvalue weighted by molar-refractivity contribution is -0.128. The van der Waals surface area contributed by atoms with E-state index in [9.17, 15) is 9.18 Å². The van der Waals surface area contributed by atoms with Gasteiger partial charge >= 0.3 is 0 Å². The van der Waals surface area contributed by atoms with Gasteiger partial charge in [0.15, 0.2) is 6.10 Å². The molecule has 116 valence electrons. The highest BCUT2D eigenvalue weighted by molar-refractivity contribution is 6.00. The molecule has 1 aromatic rings. The summed E-state index contributed by atoms with van der Waals surface area (Å²) in [5.74, 6) is -0.652. The molecule has 0 aliphatic heterocycles. The number of nitrogens with zero attached hydrogens (tertiary/aromatic N) is 1. The summed E-state index contributed by atoms with van der Waals surface area (Å²) in [4.78, 5) is 12.0. The van der Waals surface area contributed by atoms with Gasteiger partial charge < -0.3 is 15.3 Å². The molecular formula is C15H21FN2O3. The highest BCUT2D eigenvalue weighted by Gasteiger charge is 2.22. The molecule has 1 unspecified atom stereocenters. The van der Waals surface area contributed by atoms with E-state index in [1.807, 2.05) is 20.8 Å². The molecule has 2 N–H and O–H groups in total. The third-order valence-electron chi connectivity index (χ3n) is 2.65. The number of carbonyl (C=O) groups excluding carboxylic acids is 1. The highest BCUT2D eigenvalue weighted by atomic mass is 19.1. The van der Waals surface area contributed by atoms with Crippen LogP contribution in [0.2, 0.25) is 0 Å². The molecule has 0 saturated heterocycles. The number of ether oxygens (including phenoxy) is 1. The maximum absolute atomic E-state index is 13.4. The maximum Gasteiger partial charge on any atom is 0.261 e. The van der Waals surface area contributed by atoms with E-state index >= 15 is 0 Å². The fourth-order valence-corrected chi connectivity index (χ4v) is 1.66. The summed E-state index contributed by atoms with van der Waals surface area (Å²) in [6, 6.07) is 3.83. The van der Waals surface area contributed by atoms with Gasteiger partial charge in [-0.05, 0) is 46.8 Å². The molecule has 0 radical (unpaired) electrons. The molecule has 0 aromatic heterocycles. The van der Waals surface area contributed by atoms with Gasteiger partial charge in [-0.2, -0.15) is 0 Å². The number of carbonyl (C=O) groups is 1. The number of rotatable bonds is 4. The van der Waals surface area contributed by atoms with Crippen molar-refractivity contribution in [2.75, 3.05) is 0 Å². The van der Waals surface area contributed by atoms with E-state index in [-0.39, 0.29) is 22.9 Å². The second-order valence-corrected chi connectivity index (χ2v) is 5.83. The molecule has 0 aliphatic carbocycles. The van der Waals surface area contributed by atoms with Crippen molar-refractivity contribution in [2.24, 2.45) is 5.16 Å². The molecule has 0 spiro atoms. The molecule has 1 aromatic carbocycles. The van der Waals surface area contributed by atoms with E-state index in [4.69, 9.17) is 9.94 Å². The Kier molecular flexibility index (Phi) is 5.29. The standard InChI is InChI=1S/C15H21FN2O3/c1-9(18-20)12-7-6-11(16)8-13(12)21-10(2)14(19)17-15(3,4)5/h6-8,10,20H,1-5H3,(H,17,19). The fourth-order valence-electron chi connectivity index (χ4n) is 1.66. The van der Waals surface area contributed by atoms with E-state index in [0.717, 1.165) is 6.07 Å². The normalized spacial score (nSPS) is 13.7. The fraction of sp³-hybridized carbons (Fsp3) is 0.467. The largest absolute Gasteiger partial charge is 0.480 e. The number of hydrogen-bond donors (Lipinski definition) is 2. The summed E-state index contributed by atoms with van der Waals surface area (Å²) in [5, 5.41) is 14.7. The third kappa shape index (κ3) is 5.06. The number of oxime groups is 1. The molecule has 1 atom stereocenters. The van der Waals surface area contributed by atoms with Gasteiger partial charge in [-0.1, -0.05) is 5.16 Å². The molecule has 0 aliphatic rings. The Morgan fingerprint density at radius 1 is 1.43 bits per heavy atom. The van der Waals surface area contributed by atoms with Crippen molar-refractivity contribution < 1.29 is 19.1 Å². The quantitative estimate of drug-likeness (QED) is 0.510. The van der Waals surface area contributed by atoms with E-state index in [2.05, 4.69) is 10.5 Å². The van der Waals surface area contributed by atoms with E-state index in [1.54, 1.807) is 13.8 Å². The second-order valence-electron chi connectivity index (χ2n) is 5.83. The first-order valence-electron chi connectivity index (χ1n) is 6.61. The summed E-state index contributed by atoms with van der Waals surface area (Å²) >= 11 is 0. The van der Waals surface area contributed by atoms with Crippen LogP contribution in [0.1, 0.15) is 40.2 Å². The maximum atomic E-state index is 13.4. The first kappa shape index (κ1) is 16.9. The molecule has 21 heavy (non-hydrogen) atoms. The minimum Gasteiger partial charge on any atom is -0.480 e. The van der Waals surface area contributed by atoms with Crippen LogP contribution in [0.15, 0.2) is 23.4 Å².